The van der Waals surface area contributed by atoms with Gasteiger partial charge >= 0.3 is 0 Å². The summed E-state index contributed by atoms with van der Waals surface area (Å²) >= 11 is 0. The third-order valence-electron chi connectivity index (χ3n) is 5.01. The molecule has 1 fully saturated rings. The minimum Gasteiger partial charge on any atom is -0.508 e. The number of hydrogen-bond donors (Lipinski definition) is 2. The Hall–Kier alpha value is -2.40. The van der Waals surface area contributed by atoms with Crippen LogP contribution in [-0.4, -0.2) is 33.1 Å². The van der Waals surface area contributed by atoms with E-state index in [9.17, 15) is 9.50 Å². The third kappa shape index (κ3) is 3.82. The summed E-state index contributed by atoms with van der Waals surface area (Å²) in [6, 6.07) is 12.1. The van der Waals surface area contributed by atoms with E-state index in [0.717, 1.165) is 61.3 Å². The number of H-pyrrole nitrogens is 1. The summed E-state index contributed by atoms with van der Waals surface area (Å²) in [5, 5.41) is 9.55. The number of fused-ring (bicyclic) bond motifs is 1. The normalized spacial score (nSPS) is 16.5. The molecule has 0 aliphatic carbocycles. The van der Waals surface area contributed by atoms with E-state index in [1.54, 1.807) is 24.3 Å². The van der Waals surface area contributed by atoms with E-state index in [-0.39, 0.29) is 11.6 Å². The maximum Gasteiger partial charge on any atom is 0.123 e. The summed E-state index contributed by atoms with van der Waals surface area (Å²) < 4.78 is 13.3. The van der Waals surface area contributed by atoms with Crippen LogP contribution in [0.5, 0.6) is 5.75 Å². The van der Waals surface area contributed by atoms with Crippen LogP contribution in [0, 0.1) is 11.7 Å². The van der Waals surface area contributed by atoms with E-state index in [1.807, 2.05) is 12.1 Å². The van der Waals surface area contributed by atoms with Gasteiger partial charge in [0.15, 0.2) is 0 Å². The van der Waals surface area contributed by atoms with Crippen molar-refractivity contribution in [1.29, 1.82) is 0 Å². The number of aromatic nitrogens is 2. The number of imidazole rings is 1. The van der Waals surface area contributed by atoms with Crippen LogP contribution in [0.15, 0.2) is 42.5 Å². The molecule has 130 valence electrons. The van der Waals surface area contributed by atoms with Gasteiger partial charge in [0.1, 0.15) is 17.4 Å². The average molecular weight is 339 g/mol. The molecule has 0 amide bonds. The summed E-state index contributed by atoms with van der Waals surface area (Å²) in [5.74, 6) is 1.65. The molecular formula is C20H22FN3O. The molecular weight excluding hydrogens is 317 g/mol. The highest BCUT2D eigenvalue weighted by molar-refractivity contribution is 5.76. The molecule has 0 bridgehead atoms. The van der Waals surface area contributed by atoms with Crippen molar-refractivity contribution in [2.24, 2.45) is 5.92 Å². The Morgan fingerprint density at radius 3 is 2.80 bits per heavy atom. The van der Waals surface area contributed by atoms with Crippen LogP contribution in [0.2, 0.25) is 0 Å². The molecule has 3 aromatic rings. The number of rotatable bonds is 4. The van der Waals surface area contributed by atoms with E-state index in [4.69, 9.17) is 0 Å². The van der Waals surface area contributed by atoms with Gasteiger partial charge < -0.3 is 10.1 Å². The van der Waals surface area contributed by atoms with Crippen molar-refractivity contribution in [3.63, 3.8) is 0 Å². The average Bonchev–Trinajstić information content (AvgIpc) is 2.98. The molecule has 1 aliphatic heterocycles. The Morgan fingerprint density at radius 2 is 2.00 bits per heavy atom. The number of aromatic amines is 1. The molecule has 0 saturated carbocycles. The lowest BCUT2D eigenvalue weighted by Crippen LogP contribution is -2.34. The van der Waals surface area contributed by atoms with Gasteiger partial charge in [-0.25, -0.2) is 9.37 Å². The highest BCUT2D eigenvalue weighted by atomic mass is 19.1. The fourth-order valence-corrected chi connectivity index (χ4v) is 3.68. The summed E-state index contributed by atoms with van der Waals surface area (Å²) in [5.41, 5.74) is 2.85. The third-order valence-corrected chi connectivity index (χ3v) is 5.01. The van der Waals surface area contributed by atoms with Crippen molar-refractivity contribution in [2.45, 2.75) is 25.8 Å². The molecule has 4 nitrogen and oxygen atoms in total. The Morgan fingerprint density at radius 1 is 1.16 bits per heavy atom. The SMILES string of the molecule is Oc1ccc2nc(CN3CCC(Cc4cccc(F)c4)CC3)[nH]c2c1. The molecule has 25 heavy (non-hydrogen) atoms. The second kappa shape index (κ2) is 6.84. The van der Waals surface area contributed by atoms with Gasteiger partial charge in [-0.15, -0.1) is 0 Å². The highest BCUT2D eigenvalue weighted by Crippen LogP contribution is 2.24. The van der Waals surface area contributed by atoms with Crippen LogP contribution < -0.4 is 0 Å². The minimum absolute atomic E-state index is 0.147. The van der Waals surface area contributed by atoms with Crippen LogP contribution in [0.3, 0.4) is 0 Å². The van der Waals surface area contributed by atoms with Crippen molar-refractivity contribution in [3.05, 3.63) is 59.7 Å². The van der Waals surface area contributed by atoms with Crippen LogP contribution in [-0.2, 0) is 13.0 Å². The van der Waals surface area contributed by atoms with Gasteiger partial charge in [-0.2, -0.15) is 0 Å². The van der Waals surface area contributed by atoms with E-state index < -0.39 is 0 Å². The van der Waals surface area contributed by atoms with Crippen molar-refractivity contribution < 1.29 is 9.50 Å². The van der Waals surface area contributed by atoms with Gasteiger partial charge in [-0.05, 0) is 68.1 Å². The van der Waals surface area contributed by atoms with E-state index >= 15 is 0 Å². The molecule has 2 aromatic carbocycles. The molecule has 2 N–H and O–H groups in total. The highest BCUT2D eigenvalue weighted by Gasteiger charge is 2.20. The Bertz CT molecular complexity index is 868. The molecule has 0 radical (unpaired) electrons. The van der Waals surface area contributed by atoms with Gasteiger partial charge in [0.25, 0.3) is 0 Å². The van der Waals surface area contributed by atoms with Gasteiger partial charge in [-0.3, -0.25) is 4.90 Å². The number of nitrogens with zero attached hydrogens (tertiary/aromatic N) is 2. The number of hydrogen-bond acceptors (Lipinski definition) is 3. The predicted octanol–water partition coefficient (Wildman–Crippen LogP) is 3.86. The molecule has 0 atom stereocenters. The number of benzene rings is 2. The van der Waals surface area contributed by atoms with Gasteiger partial charge in [0, 0.05) is 6.07 Å². The fourth-order valence-electron chi connectivity index (χ4n) is 3.68. The molecule has 0 unspecified atom stereocenters. The van der Waals surface area contributed by atoms with Gasteiger partial charge in [0.05, 0.1) is 17.6 Å². The number of aromatic hydroxyl groups is 1. The zero-order valence-electron chi connectivity index (χ0n) is 14.1. The Balaban J connectivity index is 1.33. The van der Waals surface area contributed by atoms with E-state index in [0.29, 0.717) is 5.92 Å². The predicted molar refractivity (Wildman–Crippen MR) is 95.9 cm³/mol. The molecule has 1 aromatic heterocycles. The number of halogens is 1. The number of phenolic OH excluding ortho intramolecular Hbond substituents is 1. The van der Waals surface area contributed by atoms with Crippen LogP contribution in [0.25, 0.3) is 11.0 Å². The molecule has 2 heterocycles. The van der Waals surface area contributed by atoms with Crippen LogP contribution in [0.1, 0.15) is 24.2 Å². The molecule has 0 spiro atoms. The number of phenols is 1. The maximum absolute atomic E-state index is 13.3. The zero-order valence-corrected chi connectivity index (χ0v) is 14.1. The lowest BCUT2D eigenvalue weighted by atomic mass is 9.90. The summed E-state index contributed by atoms with van der Waals surface area (Å²) in [7, 11) is 0. The monoisotopic (exact) mass is 339 g/mol. The zero-order chi connectivity index (χ0) is 17.2. The summed E-state index contributed by atoms with van der Waals surface area (Å²) in [4.78, 5) is 10.3. The molecule has 1 aliphatic rings. The number of nitrogens with one attached hydrogen (secondary N) is 1. The summed E-state index contributed by atoms with van der Waals surface area (Å²) in [6.07, 6.45) is 3.20. The van der Waals surface area contributed by atoms with Gasteiger partial charge in [0.2, 0.25) is 0 Å². The fraction of sp³-hybridized carbons (Fsp3) is 0.350. The Kier molecular flexibility index (Phi) is 4.40. The second-order valence-corrected chi connectivity index (χ2v) is 6.94. The molecule has 5 heteroatoms. The minimum atomic E-state index is -0.147. The molecule has 4 rings (SSSR count). The van der Waals surface area contributed by atoms with Crippen LogP contribution >= 0.6 is 0 Å². The van der Waals surface area contributed by atoms with Crippen molar-refractivity contribution >= 4 is 11.0 Å². The maximum atomic E-state index is 13.3. The lowest BCUT2D eigenvalue weighted by Gasteiger charge is -2.31. The van der Waals surface area contributed by atoms with Crippen LogP contribution in [0.4, 0.5) is 4.39 Å². The van der Waals surface area contributed by atoms with Crippen molar-refractivity contribution in [3.8, 4) is 5.75 Å². The lowest BCUT2D eigenvalue weighted by molar-refractivity contribution is 0.174. The van der Waals surface area contributed by atoms with E-state index in [1.165, 1.54) is 6.07 Å². The first-order chi connectivity index (χ1) is 12.2. The first-order valence-corrected chi connectivity index (χ1v) is 8.80. The number of likely N-dealkylation sites (tertiary alicyclic amines) is 1. The Labute approximate surface area is 146 Å². The second-order valence-electron chi connectivity index (χ2n) is 6.94. The molecule has 1 saturated heterocycles. The van der Waals surface area contributed by atoms with Crippen molar-refractivity contribution in [1.82, 2.24) is 14.9 Å². The van der Waals surface area contributed by atoms with Gasteiger partial charge in [-0.1, -0.05) is 12.1 Å². The standard InChI is InChI=1S/C20H22FN3O/c21-16-3-1-2-15(11-16)10-14-6-8-24(9-7-14)13-20-22-18-5-4-17(25)12-19(18)23-20/h1-5,11-12,14,25H,6-10,13H2,(H,22,23). The first-order valence-electron chi connectivity index (χ1n) is 8.80. The van der Waals surface area contributed by atoms with Crippen molar-refractivity contribution in [2.75, 3.05) is 13.1 Å². The topological polar surface area (TPSA) is 52.2 Å². The summed E-state index contributed by atoms with van der Waals surface area (Å²) in [6.45, 7) is 2.85. The smallest absolute Gasteiger partial charge is 0.123 e. The number of piperidine rings is 1. The first kappa shape index (κ1) is 16.1. The van der Waals surface area contributed by atoms with E-state index in [2.05, 4.69) is 14.9 Å². The largest absolute Gasteiger partial charge is 0.508 e. The quantitative estimate of drug-likeness (QED) is 0.759.